The highest BCUT2D eigenvalue weighted by atomic mass is 79.9. The molecule has 2 aliphatic rings. The van der Waals surface area contributed by atoms with Crippen molar-refractivity contribution in [3.8, 4) is 17.1 Å². The zero-order valence-electron chi connectivity index (χ0n) is 18.1. The van der Waals surface area contributed by atoms with Crippen molar-refractivity contribution in [2.45, 2.75) is 6.54 Å². The zero-order chi connectivity index (χ0) is 22.8. The number of aromatic hydroxyl groups is 1. The average molecular weight is 533 g/mol. The molecule has 0 atom stereocenters. The Morgan fingerprint density at radius 3 is 2.61 bits per heavy atom. The second-order valence-electron chi connectivity index (χ2n) is 8.07. The maximum absolute atomic E-state index is 11.9. The fourth-order valence-corrected chi connectivity index (χ4v) is 5.53. The highest BCUT2D eigenvalue weighted by molar-refractivity contribution is 9.09. The van der Waals surface area contributed by atoms with Crippen LogP contribution in [0.5, 0.6) is 5.75 Å². The summed E-state index contributed by atoms with van der Waals surface area (Å²) in [6.45, 7) is 6.69. The van der Waals surface area contributed by atoms with Crippen molar-refractivity contribution >= 4 is 49.3 Å². The molecule has 1 amide bonds. The van der Waals surface area contributed by atoms with Crippen molar-refractivity contribution in [1.29, 1.82) is 0 Å². The molecule has 2 aromatic heterocycles. The minimum atomic E-state index is 0.138. The second-order valence-corrected chi connectivity index (χ2v) is 9.72. The molecule has 9 nitrogen and oxygen atoms in total. The van der Waals surface area contributed by atoms with Crippen molar-refractivity contribution in [3.05, 3.63) is 29.3 Å². The van der Waals surface area contributed by atoms with Gasteiger partial charge in [0.05, 0.1) is 25.1 Å². The Balaban J connectivity index is 1.44. The van der Waals surface area contributed by atoms with Crippen molar-refractivity contribution in [3.63, 3.8) is 0 Å². The Morgan fingerprint density at radius 2 is 1.88 bits per heavy atom. The third-order valence-electron chi connectivity index (χ3n) is 5.89. The monoisotopic (exact) mass is 532 g/mol. The standard InChI is InChI=1S/C22H25BrN6O3S/c23-13-18(31)28-6-4-27(5-7-28)14-17-24-21-19(33-17)22(29-8-10-32-11-9-29)26-20(25-21)15-2-1-3-16(30)12-15/h1-3,12,30H,4-11,13-14H2. The number of carbonyl (C=O) groups excluding carboxylic acids is 1. The first kappa shape index (κ1) is 22.5. The van der Waals surface area contributed by atoms with Gasteiger partial charge in [0, 0.05) is 44.8 Å². The highest BCUT2D eigenvalue weighted by Gasteiger charge is 2.24. The van der Waals surface area contributed by atoms with E-state index in [9.17, 15) is 9.90 Å². The molecular weight excluding hydrogens is 508 g/mol. The van der Waals surface area contributed by atoms with Crippen LogP contribution in [0.15, 0.2) is 24.3 Å². The van der Waals surface area contributed by atoms with Crippen LogP contribution in [-0.4, -0.2) is 93.6 Å². The van der Waals surface area contributed by atoms with Crippen molar-refractivity contribution in [2.24, 2.45) is 0 Å². The topological polar surface area (TPSA) is 94.9 Å². The van der Waals surface area contributed by atoms with Gasteiger partial charge in [-0.25, -0.2) is 15.0 Å². The van der Waals surface area contributed by atoms with Gasteiger partial charge < -0.3 is 19.6 Å². The molecule has 4 heterocycles. The first-order chi connectivity index (χ1) is 16.1. The molecule has 1 N–H and O–H groups in total. The maximum Gasteiger partial charge on any atom is 0.233 e. The van der Waals surface area contributed by atoms with Crippen LogP contribution in [0, 0.1) is 0 Å². The smallest absolute Gasteiger partial charge is 0.233 e. The number of carbonyl (C=O) groups is 1. The summed E-state index contributed by atoms with van der Waals surface area (Å²) in [5.41, 5.74) is 1.44. The Kier molecular flexibility index (Phi) is 6.72. The number of alkyl halides is 1. The number of thiazole rings is 1. The molecular formula is C22H25BrN6O3S. The molecule has 0 saturated carbocycles. The van der Waals surface area contributed by atoms with E-state index < -0.39 is 0 Å². The van der Waals surface area contributed by atoms with Gasteiger partial charge in [-0.05, 0) is 12.1 Å². The van der Waals surface area contributed by atoms with E-state index in [1.54, 1.807) is 29.5 Å². The Bertz CT molecular complexity index is 1140. The third-order valence-corrected chi connectivity index (χ3v) is 7.40. The van der Waals surface area contributed by atoms with Gasteiger partial charge >= 0.3 is 0 Å². The second kappa shape index (κ2) is 9.88. The van der Waals surface area contributed by atoms with Gasteiger partial charge in [-0.1, -0.05) is 28.1 Å². The van der Waals surface area contributed by atoms with Crippen LogP contribution in [0.4, 0.5) is 5.82 Å². The minimum Gasteiger partial charge on any atom is -0.508 e. The predicted molar refractivity (Wildman–Crippen MR) is 131 cm³/mol. The van der Waals surface area contributed by atoms with Crippen LogP contribution in [0.1, 0.15) is 5.01 Å². The van der Waals surface area contributed by atoms with Gasteiger partial charge in [0.1, 0.15) is 15.5 Å². The van der Waals surface area contributed by atoms with Gasteiger partial charge in [0.15, 0.2) is 17.3 Å². The molecule has 2 aliphatic heterocycles. The summed E-state index contributed by atoms with van der Waals surface area (Å²) in [7, 11) is 0. The molecule has 11 heteroatoms. The fourth-order valence-electron chi connectivity index (χ4n) is 4.12. The first-order valence-corrected chi connectivity index (χ1v) is 12.9. The lowest BCUT2D eigenvalue weighted by atomic mass is 10.2. The van der Waals surface area contributed by atoms with Crippen LogP contribution < -0.4 is 4.90 Å². The molecule has 33 heavy (non-hydrogen) atoms. The van der Waals surface area contributed by atoms with Gasteiger partial charge in [0.25, 0.3) is 0 Å². The number of rotatable bonds is 5. The van der Waals surface area contributed by atoms with E-state index in [0.29, 0.717) is 30.0 Å². The highest BCUT2D eigenvalue weighted by Crippen LogP contribution is 2.33. The molecule has 0 spiro atoms. The summed E-state index contributed by atoms with van der Waals surface area (Å²) in [5.74, 6) is 1.75. The number of anilines is 1. The van der Waals surface area contributed by atoms with E-state index in [4.69, 9.17) is 19.7 Å². The number of nitrogens with zero attached hydrogens (tertiary/aromatic N) is 6. The SMILES string of the molecule is O=C(CBr)N1CCN(Cc2nc3nc(-c4cccc(O)c4)nc(N4CCOCC4)c3s2)CC1. The molecule has 2 saturated heterocycles. The van der Waals surface area contributed by atoms with Gasteiger partial charge in [-0.3, -0.25) is 9.69 Å². The number of hydrogen-bond donors (Lipinski definition) is 1. The summed E-state index contributed by atoms with van der Waals surface area (Å²) >= 11 is 4.89. The van der Waals surface area contributed by atoms with Crippen LogP contribution in [-0.2, 0) is 16.1 Å². The fraction of sp³-hybridized carbons (Fsp3) is 0.455. The van der Waals surface area contributed by atoms with Crippen molar-refractivity contribution in [2.75, 3.05) is 62.7 Å². The minimum absolute atomic E-state index is 0.138. The summed E-state index contributed by atoms with van der Waals surface area (Å²) in [4.78, 5) is 32.9. The molecule has 0 radical (unpaired) electrons. The number of phenolic OH excluding ortho intramolecular Hbond substituents is 1. The number of morpholine rings is 1. The number of hydrogen-bond acceptors (Lipinski definition) is 9. The first-order valence-electron chi connectivity index (χ1n) is 11.0. The molecule has 1 aromatic carbocycles. The number of aromatic nitrogens is 3. The van der Waals surface area contributed by atoms with E-state index in [2.05, 4.69) is 25.7 Å². The van der Waals surface area contributed by atoms with E-state index in [1.807, 2.05) is 11.0 Å². The summed E-state index contributed by atoms with van der Waals surface area (Å²) in [6.07, 6.45) is 0. The normalized spacial score (nSPS) is 17.6. The Labute approximate surface area is 204 Å². The van der Waals surface area contributed by atoms with E-state index in [-0.39, 0.29) is 11.7 Å². The van der Waals surface area contributed by atoms with E-state index >= 15 is 0 Å². The molecule has 0 unspecified atom stereocenters. The van der Waals surface area contributed by atoms with Crippen LogP contribution in [0.25, 0.3) is 21.7 Å². The molecule has 174 valence electrons. The number of ether oxygens (including phenoxy) is 1. The van der Waals surface area contributed by atoms with Gasteiger partial charge in [0.2, 0.25) is 5.91 Å². The molecule has 2 fully saturated rings. The van der Waals surface area contributed by atoms with Crippen LogP contribution in [0.3, 0.4) is 0 Å². The largest absolute Gasteiger partial charge is 0.508 e. The predicted octanol–water partition coefficient (Wildman–Crippen LogP) is 2.33. The molecule has 5 rings (SSSR count). The van der Waals surface area contributed by atoms with Crippen LogP contribution in [0.2, 0.25) is 0 Å². The lowest BCUT2D eigenvalue weighted by molar-refractivity contribution is -0.130. The van der Waals surface area contributed by atoms with Crippen LogP contribution >= 0.6 is 27.3 Å². The van der Waals surface area contributed by atoms with E-state index in [1.165, 1.54) is 0 Å². The number of fused-ring (bicyclic) bond motifs is 1. The lowest BCUT2D eigenvalue weighted by Crippen LogP contribution is -2.48. The Morgan fingerprint density at radius 1 is 1.09 bits per heavy atom. The number of amides is 1. The Hall–Kier alpha value is -2.34. The number of benzene rings is 1. The van der Waals surface area contributed by atoms with Gasteiger partial charge in [-0.2, -0.15) is 0 Å². The third kappa shape index (κ3) is 4.96. The summed E-state index contributed by atoms with van der Waals surface area (Å²) in [6, 6.07) is 6.99. The average Bonchev–Trinajstić information content (AvgIpc) is 3.26. The van der Waals surface area contributed by atoms with E-state index in [0.717, 1.165) is 66.9 Å². The lowest BCUT2D eigenvalue weighted by Gasteiger charge is -2.33. The van der Waals surface area contributed by atoms with Crippen molar-refractivity contribution in [1.82, 2.24) is 24.8 Å². The number of phenols is 1. The number of piperazine rings is 1. The quantitative estimate of drug-likeness (QED) is 0.500. The number of halogens is 1. The zero-order valence-corrected chi connectivity index (χ0v) is 20.5. The maximum atomic E-state index is 11.9. The summed E-state index contributed by atoms with van der Waals surface area (Å²) < 4.78 is 6.51. The molecule has 0 bridgehead atoms. The molecule has 0 aliphatic carbocycles. The molecule has 3 aromatic rings. The van der Waals surface area contributed by atoms with Gasteiger partial charge in [-0.15, -0.1) is 11.3 Å². The summed E-state index contributed by atoms with van der Waals surface area (Å²) in [5, 5.41) is 11.3. The van der Waals surface area contributed by atoms with Crippen molar-refractivity contribution < 1.29 is 14.6 Å².